The number of hydrogen-bond donors (Lipinski definition) is 1. The van der Waals surface area contributed by atoms with Gasteiger partial charge in [-0.05, 0) is 41.8 Å². The summed E-state index contributed by atoms with van der Waals surface area (Å²) >= 11 is 7.44. The summed E-state index contributed by atoms with van der Waals surface area (Å²) in [6.07, 6.45) is 2.39. The molecule has 0 bridgehead atoms. The summed E-state index contributed by atoms with van der Waals surface area (Å²) in [5, 5.41) is 3.30. The fraction of sp³-hybridized carbons (Fsp3) is 0.150. The number of nitrogens with zero attached hydrogens (tertiary/aromatic N) is 2. The average molecular weight is 398 g/mol. The molecule has 0 saturated carbocycles. The van der Waals surface area contributed by atoms with Gasteiger partial charge in [0.25, 0.3) is 11.8 Å². The molecule has 0 spiro atoms. The van der Waals surface area contributed by atoms with Crippen molar-refractivity contribution in [3.63, 3.8) is 0 Å². The Morgan fingerprint density at radius 1 is 1.15 bits per heavy atom. The van der Waals surface area contributed by atoms with Crippen molar-refractivity contribution in [2.24, 2.45) is 0 Å². The van der Waals surface area contributed by atoms with Gasteiger partial charge in [-0.25, -0.2) is 0 Å². The molecular weight excluding hydrogens is 382 g/mol. The molecule has 1 aliphatic rings. The van der Waals surface area contributed by atoms with Crippen molar-refractivity contribution >= 4 is 40.4 Å². The van der Waals surface area contributed by atoms with Crippen molar-refractivity contribution in [2.45, 2.75) is 13.0 Å². The zero-order valence-electron chi connectivity index (χ0n) is 14.3. The van der Waals surface area contributed by atoms with Crippen LogP contribution in [0, 0.1) is 0 Å². The third kappa shape index (κ3) is 3.72. The number of amides is 2. The van der Waals surface area contributed by atoms with Crippen LogP contribution in [0.4, 0.5) is 5.69 Å². The Labute approximate surface area is 165 Å². The first-order valence-corrected chi connectivity index (χ1v) is 9.73. The summed E-state index contributed by atoms with van der Waals surface area (Å²) < 4.78 is 0. The van der Waals surface area contributed by atoms with E-state index in [0.717, 1.165) is 12.0 Å². The first-order chi connectivity index (χ1) is 13.1. The van der Waals surface area contributed by atoms with Crippen molar-refractivity contribution < 1.29 is 9.59 Å². The summed E-state index contributed by atoms with van der Waals surface area (Å²) in [4.78, 5) is 31.5. The standard InChI is InChI=1S/C20H16ClN3O2S/c21-17-4-2-1-3-16(17)19(25)23-15-6-5-13-7-8-24(11-14(13)9-15)20(26)18-10-22-12-27-18/h1-6,9-10,12H,7-8,11H2,(H,23,25). The van der Waals surface area contributed by atoms with Gasteiger partial charge in [-0.1, -0.05) is 29.8 Å². The fourth-order valence-electron chi connectivity index (χ4n) is 3.13. The number of thiazole rings is 1. The molecule has 27 heavy (non-hydrogen) atoms. The molecule has 0 saturated heterocycles. The van der Waals surface area contributed by atoms with Crippen LogP contribution in [0.3, 0.4) is 0 Å². The van der Waals surface area contributed by atoms with Crippen molar-refractivity contribution in [1.82, 2.24) is 9.88 Å². The van der Waals surface area contributed by atoms with Crippen LogP contribution in [-0.4, -0.2) is 28.2 Å². The molecule has 2 amide bonds. The van der Waals surface area contributed by atoms with E-state index in [4.69, 9.17) is 11.6 Å². The predicted molar refractivity (Wildman–Crippen MR) is 106 cm³/mol. The van der Waals surface area contributed by atoms with Crippen LogP contribution in [0.2, 0.25) is 5.02 Å². The maximum absolute atomic E-state index is 12.6. The van der Waals surface area contributed by atoms with Crippen LogP contribution in [0.1, 0.15) is 31.2 Å². The number of rotatable bonds is 3. The minimum Gasteiger partial charge on any atom is -0.333 e. The van der Waals surface area contributed by atoms with Crippen molar-refractivity contribution in [3.05, 3.63) is 80.8 Å². The molecule has 3 aromatic rings. The Morgan fingerprint density at radius 2 is 2.00 bits per heavy atom. The summed E-state index contributed by atoms with van der Waals surface area (Å²) in [5.74, 6) is -0.261. The van der Waals surface area contributed by atoms with E-state index < -0.39 is 0 Å². The molecule has 5 nitrogen and oxygen atoms in total. The third-order valence-corrected chi connectivity index (χ3v) is 5.62. The molecule has 0 radical (unpaired) electrons. The van der Waals surface area contributed by atoms with E-state index >= 15 is 0 Å². The van der Waals surface area contributed by atoms with Gasteiger partial charge >= 0.3 is 0 Å². The second-order valence-electron chi connectivity index (χ2n) is 6.26. The highest BCUT2D eigenvalue weighted by molar-refractivity contribution is 7.11. The summed E-state index contributed by atoms with van der Waals surface area (Å²) in [5.41, 5.74) is 5.01. The topological polar surface area (TPSA) is 62.3 Å². The lowest BCUT2D eigenvalue weighted by molar-refractivity contribution is 0.0739. The van der Waals surface area contributed by atoms with E-state index in [1.54, 1.807) is 36.0 Å². The van der Waals surface area contributed by atoms with Crippen LogP contribution in [0.5, 0.6) is 0 Å². The maximum Gasteiger partial charge on any atom is 0.265 e. The molecule has 1 aromatic heterocycles. The largest absolute Gasteiger partial charge is 0.333 e. The van der Waals surface area contributed by atoms with Crippen LogP contribution in [0.25, 0.3) is 0 Å². The number of halogens is 1. The molecule has 7 heteroatoms. The summed E-state index contributed by atoms with van der Waals surface area (Å²) in [6, 6.07) is 12.7. The second kappa shape index (κ2) is 7.50. The highest BCUT2D eigenvalue weighted by atomic mass is 35.5. The minimum absolute atomic E-state index is 0.00587. The monoisotopic (exact) mass is 397 g/mol. The van der Waals surface area contributed by atoms with E-state index in [1.807, 2.05) is 23.1 Å². The van der Waals surface area contributed by atoms with Crippen LogP contribution in [-0.2, 0) is 13.0 Å². The Morgan fingerprint density at radius 3 is 2.78 bits per heavy atom. The number of aromatic nitrogens is 1. The zero-order valence-corrected chi connectivity index (χ0v) is 15.9. The third-order valence-electron chi connectivity index (χ3n) is 4.53. The van der Waals surface area contributed by atoms with Gasteiger partial charge in [-0.2, -0.15) is 0 Å². The number of carbonyl (C=O) groups excluding carboxylic acids is 2. The van der Waals surface area contributed by atoms with E-state index in [9.17, 15) is 9.59 Å². The Hall–Kier alpha value is -2.70. The van der Waals surface area contributed by atoms with Crippen molar-refractivity contribution in [1.29, 1.82) is 0 Å². The maximum atomic E-state index is 12.6. The van der Waals surface area contributed by atoms with E-state index in [0.29, 0.717) is 34.2 Å². The minimum atomic E-state index is -0.256. The normalized spacial score (nSPS) is 13.1. The molecule has 0 fully saturated rings. The van der Waals surface area contributed by atoms with E-state index in [-0.39, 0.29) is 11.8 Å². The predicted octanol–water partition coefficient (Wildman–Crippen LogP) is 4.25. The highest BCUT2D eigenvalue weighted by Crippen LogP contribution is 2.25. The van der Waals surface area contributed by atoms with Crippen LogP contribution in [0.15, 0.2) is 54.2 Å². The zero-order chi connectivity index (χ0) is 18.8. The Balaban J connectivity index is 1.52. The first kappa shape index (κ1) is 17.7. The van der Waals surface area contributed by atoms with E-state index in [1.165, 1.54) is 16.9 Å². The fourth-order valence-corrected chi connectivity index (χ4v) is 3.94. The molecule has 0 aliphatic carbocycles. The molecule has 0 atom stereocenters. The lowest BCUT2D eigenvalue weighted by Gasteiger charge is -2.28. The van der Waals surface area contributed by atoms with Gasteiger partial charge in [0, 0.05) is 18.8 Å². The number of carbonyl (C=O) groups is 2. The number of hydrogen-bond acceptors (Lipinski definition) is 4. The van der Waals surface area contributed by atoms with Crippen molar-refractivity contribution in [3.8, 4) is 0 Å². The van der Waals surface area contributed by atoms with E-state index in [2.05, 4.69) is 10.3 Å². The van der Waals surface area contributed by atoms with Gasteiger partial charge in [0.1, 0.15) is 4.88 Å². The smallest absolute Gasteiger partial charge is 0.265 e. The lowest BCUT2D eigenvalue weighted by Crippen LogP contribution is -2.35. The molecule has 1 aliphatic heterocycles. The molecule has 1 N–H and O–H groups in total. The van der Waals surface area contributed by atoms with Crippen LogP contribution >= 0.6 is 22.9 Å². The summed E-state index contributed by atoms with van der Waals surface area (Å²) in [7, 11) is 0. The second-order valence-corrected chi connectivity index (χ2v) is 7.55. The van der Waals surface area contributed by atoms with Gasteiger partial charge in [-0.3, -0.25) is 14.6 Å². The van der Waals surface area contributed by atoms with Crippen LogP contribution < -0.4 is 5.32 Å². The summed E-state index contributed by atoms with van der Waals surface area (Å²) in [6.45, 7) is 1.19. The van der Waals surface area contributed by atoms with Gasteiger partial charge in [0.05, 0.1) is 22.3 Å². The SMILES string of the molecule is O=C(Nc1ccc2c(c1)CN(C(=O)c1cncs1)CC2)c1ccccc1Cl. The molecular formula is C20H16ClN3O2S. The Bertz CT molecular complexity index is 1000. The highest BCUT2D eigenvalue weighted by Gasteiger charge is 2.23. The molecule has 2 aromatic carbocycles. The lowest BCUT2D eigenvalue weighted by atomic mass is 9.99. The number of nitrogens with one attached hydrogen (secondary N) is 1. The van der Waals surface area contributed by atoms with Gasteiger partial charge in [-0.15, -0.1) is 11.3 Å². The Kier molecular flexibility index (Phi) is 4.92. The first-order valence-electron chi connectivity index (χ1n) is 8.47. The van der Waals surface area contributed by atoms with Crippen molar-refractivity contribution in [2.75, 3.05) is 11.9 Å². The van der Waals surface area contributed by atoms with Gasteiger partial charge < -0.3 is 10.2 Å². The number of anilines is 1. The van der Waals surface area contributed by atoms with Gasteiger partial charge in [0.15, 0.2) is 0 Å². The molecule has 4 rings (SSSR count). The number of fused-ring (bicyclic) bond motifs is 1. The molecule has 0 unspecified atom stereocenters. The average Bonchev–Trinajstić information content (AvgIpc) is 3.22. The van der Waals surface area contributed by atoms with Gasteiger partial charge in [0.2, 0.25) is 0 Å². The molecule has 136 valence electrons. The molecule has 2 heterocycles. The number of benzene rings is 2. The quantitative estimate of drug-likeness (QED) is 0.718.